The lowest BCUT2D eigenvalue weighted by Crippen LogP contribution is -2.34. The number of anilines is 1. The summed E-state index contributed by atoms with van der Waals surface area (Å²) >= 11 is 11.8. The number of rotatable bonds is 6. The van der Waals surface area contributed by atoms with E-state index >= 15 is 0 Å². The molecule has 0 radical (unpaired) electrons. The molecular formula is C19H18Cl2F2N2O4S. The van der Waals surface area contributed by atoms with Gasteiger partial charge >= 0.3 is 0 Å². The molecule has 1 aliphatic rings. The zero-order valence-electron chi connectivity index (χ0n) is 15.8. The van der Waals surface area contributed by atoms with Gasteiger partial charge in [0.15, 0.2) is 0 Å². The molecule has 3 rings (SSSR count). The van der Waals surface area contributed by atoms with Crippen LogP contribution in [0.15, 0.2) is 30.3 Å². The van der Waals surface area contributed by atoms with Crippen LogP contribution in [0.5, 0.6) is 5.75 Å². The molecule has 0 spiro atoms. The van der Waals surface area contributed by atoms with E-state index in [2.05, 4.69) is 0 Å². The standard InChI is InChI=1S/C19H18Cl2F2N2O4S/c1-30(27,28)24-19(26)13-8-15(21)18(9-16(13)22)29-10-12-3-2-6-25(12)11-4-5-14(20)17(23)7-11/h4-5,7-9,12H,2-3,6,10H2,1H3,(H,24,26)/t12-/m1/s1. The highest BCUT2D eigenvalue weighted by atomic mass is 35.5. The maximum Gasteiger partial charge on any atom is 0.267 e. The molecule has 0 saturated carbocycles. The highest BCUT2D eigenvalue weighted by molar-refractivity contribution is 7.89. The lowest BCUT2D eigenvalue weighted by Gasteiger charge is -2.27. The second-order valence-electron chi connectivity index (χ2n) is 6.86. The number of nitrogens with one attached hydrogen (secondary N) is 1. The van der Waals surface area contributed by atoms with Crippen molar-refractivity contribution >= 4 is 44.8 Å². The summed E-state index contributed by atoms with van der Waals surface area (Å²) in [7, 11) is -3.85. The van der Waals surface area contributed by atoms with Gasteiger partial charge in [-0.15, -0.1) is 0 Å². The third kappa shape index (κ3) is 5.33. The first-order chi connectivity index (χ1) is 14.0. The van der Waals surface area contributed by atoms with E-state index in [9.17, 15) is 22.0 Å². The summed E-state index contributed by atoms with van der Waals surface area (Å²) in [4.78, 5) is 13.9. The van der Waals surface area contributed by atoms with Gasteiger partial charge in [0.05, 0.1) is 27.9 Å². The second kappa shape index (κ2) is 8.95. The van der Waals surface area contributed by atoms with E-state index in [-0.39, 0.29) is 28.4 Å². The van der Waals surface area contributed by atoms with Crippen molar-refractivity contribution in [2.75, 3.05) is 24.3 Å². The van der Waals surface area contributed by atoms with Gasteiger partial charge < -0.3 is 9.64 Å². The molecule has 6 nitrogen and oxygen atoms in total. The van der Waals surface area contributed by atoms with Crippen LogP contribution < -0.4 is 14.4 Å². The van der Waals surface area contributed by atoms with Crippen LogP contribution in [0.3, 0.4) is 0 Å². The van der Waals surface area contributed by atoms with Gasteiger partial charge in [-0.1, -0.05) is 23.2 Å². The molecule has 1 amide bonds. The third-order valence-electron chi connectivity index (χ3n) is 4.59. The molecule has 1 aliphatic heterocycles. The highest BCUT2D eigenvalue weighted by Crippen LogP contribution is 2.31. The van der Waals surface area contributed by atoms with E-state index in [1.54, 1.807) is 10.8 Å². The van der Waals surface area contributed by atoms with Crippen molar-refractivity contribution in [3.63, 3.8) is 0 Å². The molecule has 0 bridgehead atoms. The summed E-state index contributed by atoms with van der Waals surface area (Å²) in [5, 5.41) is -0.00913. The molecule has 0 unspecified atom stereocenters. The normalized spacial score (nSPS) is 16.6. The molecule has 0 aliphatic carbocycles. The summed E-state index contributed by atoms with van der Waals surface area (Å²) in [6.45, 7) is 0.847. The van der Waals surface area contributed by atoms with Crippen molar-refractivity contribution in [2.45, 2.75) is 18.9 Å². The summed E-state index contributed by atoms with van der Waals surface area (Å²) in [5.41, 5.74) is 0.143. The Hall–Kier alpha value is -2.10. The molecule has 162 valence electrons. The average molecular weight is 479 g/mol. The van der Waals surface area contributed by atoms with Gasteiger partial charge in [-0.3, -0.25) is 4.79 Å². The number of benzene rings is 2. The van der Waals surface area contributed by atoms with Gasteiger partial charge in [0.25, 0.3) is 5.91 Å². The van der Waals surface area contributed by atoms with Crippen LogP contribution in [0, 0.1) is 11.6 Å². The molecule has 1 saturated heterocycles. The number of hydrogen-bond donors (Lipinski definition) is 1. The number of sulfonamides is 1. The number of nitrogens with zero attached hydrogens (tertiary/aromatic N) is 1. The number of hydrogen-bond acceptors (Lipinski definition) is 5. The van der Waals surface area contributed by atoms with E-state index in [0.717, 1.165) is 31.2 Å². The topological polar surface area (TPSA) is 75.7 Å². The summed E-state index contributed by atoms with van der Waals surface area (Å²) < 4.78 is 57.8. The Morgan fingerprint density at radius 1 is 1.20 bits per heavy atom. The van der Waals surface area contributed by atoms with Gasteiger partial charge in [-0.25, -0.2) is 21.9 Å². The first kappa shape index (κ1) is 22.6. The fourth-order valence-corrected chi connectivity index (χ4v) is 4.02. The van der Waals surface area contributed by atoms with Crippen LogP contribution >= 0.6 is 23.2 Å². The Labute approximate surface area is 182 Å². The fourth-order valence-electron chi connectivity index (χ4n) is 3.24. The minimum absolute atomic E-state index is 0.0132. The lowest BCUT2D eigenvalue weighted by atomic mass is 10.2. The van der Waals surface area contributed by atoms with Gasteiger partial charge in [0, 0.05) is 18.3 Å². The average Bonchev–Trinajstić information content (AvgIpc) is 3.11. The molecule has 0 aromatic heterocycles. The van der Waals surface area contributed by atoms with Crippen LogP contribution in [0.25, 0.3) is 0 Å². The molecule has 1 N–H and O–H groups in total. The van der Waals surface area contributed by atoms with Crippen molar-refractivity contribution in [2.24, 2.45) is 0 Å². The molecule has 1 atom stereocenters. The minimum atomic E-state index is -3.85. The molecule has 1 heterocycles. The largest absolute Gasteiger partial charge is 0.490 e. The molecular weight excluding hydrogens is 461 g/mol. The maximum absolute atomic E-state index is 14.3. The summed E-state index contributed by atoms with van der Waals surface area (Å²) in [6.07, 6.45) is 2.42. The van der Waals surface area contributed by atoms with E-state index in [0.29, 0.717) is 12.2 Å². The molecule has 11 heteroatoms. The zero-order chi connectivity index (χ0) is 22.1. The number of carbonyl (C=O) groups is 1. The predicted octanol–water partition coefficient (Wildman–Crippen LogP) is 4.01. The van der Waals surface area contributed by atoms with E-state index in [4.69, 9.17) is 27.9 Å². The first-order valence-electron chi connectivity index (χ1n) is 8.91. The monoisotopic (exact) mass is 478 g/mol. The highest BCUT2D eigenvalue weighted by Gasteiger charge is 2.27. The maximum atomic E-state index is 14.3. The van der Waals surface area contributed by atoms with Crippen molar-refractivity contribution in [3.8, 4) is 5.75 Å². The number of ether oxygens (including phenoxy) is 1. The van der Waals surface area contributed by atoms with Crippen molar-refractivity contribution in [1.29, 1.82) is 0 Å². The van der Waals surface area contributed by atoms with Crippen molar-refractivity contribution in [3.05, 3.63) is 57.6 Å². The van der Waals surface area contributed by atoms with Gasteiger partial charge in [-0.05, 0) is 37.1 Å². The number of amides is 1. The molecule has 2 aromatic rings. The predicted molar refractivity (Wildman–Crippen MR) is 111 cm³/mol. The Balaban J connectivity index is 1.72. The quantitative estimate of drug-likeness (QED) is 0.678. The molecule has 2 aromatic carbocycles. The number of carbonyl (C=O) groups excluding carboxylic acids is 1. The van der Waals surface area contributed by atoms with Crippen LogP contribution in [-0.2, 0) is 10.0 Å². The lowest BCUT2D eigenvalue weighted by molar-refractivity contribution is 0.0977. The van der Waals surface area contributed by atoms with E-state index in [1.807, 2.05) is 4.90 Å². The van der Waals surface area contributed by atoms with E-state index in [1.165, 1.54) is 12.1 Å². The first-order valence-corrected chi connectivity index (χ1v) is 11.6. The van der Waals surface area contributed by atoms with Crippen molar-refractivity contribution < 1.29 is 26.7 Å². The van der Waals surface area contributed by atoms with Gasteiger partial charge in [-0.2, -0.15) is 0 Å². The Bertz CT molecular complexity index is 1080. The SMILES string of the molecule is CS(=O)(=O)NC(=O)c1cc(Cl)c(OC[C@H]2CCCN2c2ccc(Cl)c(F)c2)cc1F. The Morgan fingerprint density at radius 2 is 1.93 bits per heavy atom. The van der Waals surface area contributed by atoms with Crippen molar-refractivity contribution in [1.82, 2.24) is 4.72 Å². The van der Waals surface area contributed by atoms with Crippen LogP contribution in [0.1, 0.15) is 23.2 Å². The smallest absolute Gasteiger partial charge is 0.267 e. The van der Waals surface area contributed by atoms with Gasteiger partial charge in [0.1, 0.15) is 24.0 Å². The van der Waals surface area contributed by atoms with Crippen LogP contribution in [-0.4, -0.2) is 39.8 Å². The third-order valence-corrected chi connectivity index (χ3v) is 5.75. The minimum Gasteiger partial charge on any atom is -0.490 e. The zero-order valence-corrected chi connectivity index (χ0v) is 18.1. The Morgan fingerprint density at radius 3 is 2.60 bits per heavy atom. The van der Waals surface area contributed by atoms with Crippen LogP contribution in [0.2, 0.25) is 10.0 Å². The molecule has 1 fully saturated rings. The Kier molecular flexibility index (Phi) is 6.74. The van der Waals surface area contributed by atoms with Crippen LogP contribution in [0.4, 0.5) is 14.5 Å². The second-order valence-corrected chi connectivity index (χ2v) is 9.43. The summed E-state index contributed by atoms with van der Waals surface area (Å²) in [6, 6.07) is 6.38. The summed E-state index contributed by atoms with van der Waals surface area (Å²) in [5.74, 6) is -2.61. The number of halogens is 4. The van der Waals surface area contributed by atoms with E-state index < -0.39 is 33.1 Å². The molecule has 30 heavy (non-hydrogen) atoms. The van der Waals surface area contributed by atoms with Gasteiger partial charge in [0.2, 0.25) is 10.0 Å². The fraction of sp³-hybridized carbons (Fsp3) is 0.316.